The van der Waals surface area contributed by atoms with Gasteiger partial charge >= 0.3 is 0 Å². The molecule has 154 valence electrons. The molecule has 28 heavy (non-hydrogen) atoms. The number of hydrogen-bond acceptors (Lipinski definition) is 3. The molecule has 0 fully saturated rings. The number of hydrogen-bond donors (Lipinski definition) is 1. The molecule has 0 saturated carbocycles. The van der Waals surface area contributed by atoms with E-state index in [2.05, 4.69) is 27.3 Å². The second kappa shape index (κ2) is 12.4. The van der Waals surface area contributed by atoms with Gasteiger partial charge in [0.1, 0.15) is 5.75 Å². The van der Waals surface area contributed by atoms with Gasteiger partial charge < -0.3 is 19.5 Å². The minimum atomic E-state index is 0. The molecule has 0 saturated heterocycles. The van der Waals surface area contributed by atoms with E-state index in [9.17, 15) is 4.79 Å². The smallest absolute Gasteiger partial charge is 0.250 e. The summed E-state index contributed by atoms with van der Waals surface area (Å²) in [6.07, 6.45) is 1.91. The summed E-state index contributed by atoms with van der Waals surface area (Å²) in [6, 6.07) is 13.4. The molecule has 0 spiro atoms. The van der Waals surface area contributed by atoms with Gasteiger partial charge in [0.2, 0.25) is 0 Å². The molecule has 6 nitrogen and oxygen atoms in total. The van der Waals surface area contributed by atoms with Gasteiger partial charge in [0, 0.05) is 45.5 Å². The Morgan fingerprint density at radius 2 is 1.89 bits per heavy atom. The van der Waals surface area contributed by atoms with Crippen LogP contribution in [-0.4, -0.2) is 43.2 Å². The molecule has 1 aromatic heterocycles. The van der Waals surface area contributed by atoms with E-state index in [1.165, 1.54) is 5.56 Å². The van der Waals surface area contributed by atoms with Crippen LogP contribution in [0.5, 0.6) is 5.75 Å². The van der Waals surface area contributed by atoms with Crippen molar-refractivity contribution in [3.8, 4) is 5.75 Å². The first kappa shape index (κ1) is 24.0. The number of nitrogens with one attached hydrogen (secondary N) is 1. The molecular weight excluding hydrogens is 467 g/mol. The van der Waals surface area contributed by atoms with Crippen LogP contribution in [0, 0.1) is 6.92 Å². The highest BCUT2D eigenvalue weighted by atomic mass is 127. The minimum absolute atomic E-state index is 0. The predicted molar refractivity (Wildman–Crippen MR) is 126 cm³/mol. The fourth-order valence-corrected chi connectivity index (χ4v) is 2.97. The van der Waals surface area contributed by atoms with E-state index in [0.29, 0.717) is 0 Å². The molecule has 0 unspecified atom stereocenters. The van der Waals surface area contributed by atoms with Crippen molar-refractivity contribution in [2.45, 2.75) is 32.9 Å². The van der Waals surface area contributed by atoms with Crippen LogP contribution < -0.4 is 15.6 Å². The molecule has 1 aromatic carbocycles. The van der Waals surface area contributed by atoms with Gasteiger partial charge in [-0.05, 0) is 43.5 Å². The largest absolute Gasteiger partial charge is 0.497 e. The molecule has 0 amide bonds. The average Bonchev–Trinajstić information content (AvgIpc) is 2.67. The number of guanidine groups is 1. The van der Waals surface area contributed by atoms with Crippen molar-refractivity contribution in [1.82, 2.24) is 14.8 Å². The van der Waals surface area contributed by atoms with E-state index >= 15 is 0 Å². The lowest BCUT2D eigenvalue weighted by Crippen LogP contribution is -2.39. The third-order valence-corrected chi connectivity index (χ3v) is 4.51. The highest BCUT2D eigenvalue weighted by molar-refractivity contribution is 14.0. The maximum absolute atomic E-state index is 11.9. The number of pyridine rings is 1. The van der Waals surface area contributed by atoms with Crippen molar-refractivity contribution in [3.05, 3.63) is 64.1 Å². The Bertz CT molecular complexity index is 803. The number of halogens is 1. The average molecular weight is 498 g/mol. The van der Waals surface area contributed by atoms with Gasteiger partial charge in [-0.1, -0.05) is 18.2 Å². The summed E-state index contributed by atoms with van der Waals surface area (Å²) < 4.78 is 7.02. The van der Waals surface area contributed by atoms with Crippen LogP contribution in [0.25, 0.3) is 0 Å². The standard InChI is InChI=1S/C21H30N4O2.HI/c1-17-8-7-9-20(26)25(17)15-6-5-14-23-21(22-2)24(3)16-18-10-12-19(27-4)13-11-18;/h7-13H,5-6,14-16H2,1-4H3,(H,22,23);1H. The highest BCUT2D eigenvalue weighted by Crippen LogP contribution is 2.12. The molecule has 0 aliphatic heterocycles. The summed E-state index contributed by atoms with van der Waals surface area (Å²) in [7, 11) is 5.48. The van der Waals surface area contributed by atoms with Crippen LogP contribution in [0.2, 0.25) is 0 Å². The van der Waals surface area contributed by atoms with Gasteiger partial charge in [-0.2, -0.15) is 0 Å². The van der Waals surface area contributed by atoms with Crippen LogP contribution in [-0.2, 0) is 13.1 Å². The van der Waals surface area contributed by atoms with E-state index in [4.69, 9.17) is 4.74 Å². The molecule has 0 atom stereocenters. The van der Waals surface area contributed by atoms with Crippen LogP contribution in [0.3, 0.4) is 0 Å². The Labute approximate surface area is 184 Å². The van der Waals surface area contributed by atoms with E-state index in [1.54, 1.807) is 26.3 Å². The second-order valence-corrected chi connectivity index (χ2v) is 6.54. The Kier molecular flexibility index (Phi) is 10.7. The van der Waals surface area contributed by atoms with Gasteiger partial charge in [0.25, 0.3) is 5.56 Å². The molecule has 2 rings (SSSR count). The summed E-state index contributed by atoms with van der Waals surface area (Å²) in [4.78, 5) is 18.3. The first-order chi connectivity index (χ1) is 13.0. The maximum Gasteiger partial charge on any atom is 0.250 e. The van der Waals surface area contributed by atoms with Crippen LogP contribution in [0.1, 0.15) is 24.1 Å². The normalized spacial score (nSPS) is 10.9. The summed E-state index contributed by atoms with van der Waals surface area (Å²) >= 11 is 0. The molecule has 0 bridgehead atoms. The summed E-state index contributed by atoms with van der Waals surface area (Å²) in [5.74, 6) is 1.72. The van der Waals surface area contributed by atoms with Gasteiger partial charge in [-0.15, -0.1) is 24.0 Å². The summed E-state index contributed by atoms with van der Waals surface area (Å²) in [6.45, 7) is 4.30. The first-order valence-corrected chi connectivity index (χ1v) is 9.26. The minimum Gasteiger partial charge on any atom is -0.497 e. The van der Waals surface area contributed by atoms with Gasteiger partial charge in [0.05, 0.1) is 7.11 Å². The first-order valence-electron chi connectivity index (χ1n) is 9.26. The van der Waals surface area contributed by atoms with Crippen LogP contribution in [0.4, 0.5) is 0 Å². The lowest BCUT2D eigenvalue weighted by Gasteiger charge is -2.22. The maximum atomic E-state index is 11.9. The van der Waals surface area contributed by atoms with Crippen LogP contribution in [0.15, 0.2) is 52.3 Å². The quantitative estimate of drug-likeness (QED) is 0.263. The van der Waals surface area contributed by atoms with E-state index in [0.717, 1.165) is 49.9 Å². The van der Waals surface area contributed by atoms with Crippen molar-refractivity contribution < 1.29 is 4.74 Å². The number of aromatic nitrogens is 1. The predicted octanol–water partition coefficient (Wildman–Crippen LogP) is 3.27. The number of aryl methyl sites for hydroxylation is 1. The Morgan fingerprint density at radius 3 is 2.50 bits per heavy atom. The molecule has 2 aromatic rings. The number of rotatable bonds is 8. The van der Waals surface area contributed by atoms with E-state index < -0.39 is 0 Å². The van der Waals surface area contributed by atoms with Crippen molar-refractivity contribution in [2.24, 2.45) is 4.99 Å². The topological polar surface area (TPSA) is 58.9 Å². The monoisotopic (exact) mass is 498 g/mol. The number of aliphatic imine (C=N–C) groups is 1. The molecular formula is C21H31IN4O2. The molecule has 7 heteroatoms. The highest BCUT2D eigenvalue weighted by Gasteiger charge is 2.06. The lowest BCUT2D eigenvalue weighted by molar-refractivity contribution is 0.414. The summed E-state index contributed by atoms with van der Waals surface area (Å²) in [5, 5.41) is 3.39. The zero-order chi connectivity index (χ0) is 19.6. The zero-order valence-electron chi connectivity index (χ0n) is 17.1. The Balaban J connectivity index is 0.00000392. The van der Waals surface area contributed by atoms with Crippen molar-refractivity contribution in [2.75, 3.05) is 27.7 Å². The Hall–Kier alpha value is -2.03. The van der Waals surface area contributed by atoms with E-state index in [1.807, 2.05) is 36.7 Å². The molecule has 0 radical (unpaired) electrons. The van der Waals surface area contributed by atoms with Gasteiger partial charge in [0.15, 0.2) is 5.96 Å². The van der Waals surface area contributed by atoms with E-state index in [-0.39, 0.29) is 29.5 Å². The molecule has 0 aliphatic rings. The zero-order valence-corrected chi connectivity index (χ0v) is 19.5. The van der Waals surface area contributed by atoms with Crippen molar-refractivity contribution >= 4 is 29.9 Å². The number of nitrogens with zero attached hydrogens (tertiary/aromatic N) is 3. The Morgan fingerprint density at radius 1 is 1.18 bits per heavy atom. The SMILES string of the molecule is CN=C(NCCCCn1c(C)cccc1=O)N(C)Cc1ccc(OC)cc1.I. The van der Waals surface area contributed by atoms with Gasteiger partial charge in [-0.25, -0.2) is 0 Å². The van der Waals surface area contributed by atoms with Crippen molar-refractivity contribution in [1.29, 1.82) is 0 Å². The lowest BCUT2D eigenvalue weighted by atomic mass is 10.2. The fraction of sp³-hybridized carbons (Fsp3) is 0.429. The fourth-order valence-electron chi connectivity index (χ4n) is 2.97. The third-order valence-electron chi connectivity index (χ3n) is 4.51. The third kappa shape index (κ3) is 7.18. The molecule has 1 heterocycles. The molecule has 1 N–H and O–H groups in total. The van der Waals surface area contributed by atoms with Crippen LogP contribution >= 0.6 is 24.0 Å². The van der Waals surface area contributed by atoms with Crippen molar-refractivity contribution in [3.63, 3.8) is 0 Å². The second-order valence-electron chi connectivity index (χ2n) is 6.54. The number of methoxy groups -OCH3 is 1. The van der Waals surface area contributed by atoms with Gasteiger partial charge in [-0.3, -0.25) is 9.79 Å². The number of unbranched alkanes of at least 4 members (excludes halogenated alkanes) is 1. The molecule has 0 aliphatic carbocycles. The number of ether oxygens (including phenoxy) is 1. The summed E-state index contributed by atoms with van der Waals surface area (Å²) in [5.41, 5.74) is 2.27. The number of benzene rings is 1.